The molecule has 1 rings (SSSR count). The van der Waals surface area contributed by atoms with Crippen LogP contribution < -0.4 is 5.32 Å². The first-order valence-electron chi connectivity index (χ1n) is 4.80. The number of rotatable bonds is 4. The Labute approximate surface area is 75.2 Å². The van der Waals surface area contributed by atoms with E-state index in [9.17, 15) is 0 Å². The molecule has 2 nitrogen and oxygen atoms in total. The van der Waals surface area contributed by atoms with Crippen LogP contribution >= 0.6 is 0 Å². The molecule has 0 radical (unpaired) electrons. The van der Waals surface area contributed by atoms with Crippen molar-refractivity contribution >= 4 is 0 Å². The highest BCUT2D eigenvalue weighted by atomic mass is 14.9. The third kappa shape index (κ3) is 2.49. The highest BCUT2D eigenvalue weighted by Crippen LogP contribution is 2.33. The molecule has 1 saturated carbocycles. The van der Waals surface area contributed by atoms with Crippen molar-refractivity contribution in [2.24, 2.45) is 11.8 Å². The Morgan fingerprint density at radius 2 is 2.17 bits per heavy atom. The summed E-state index contributed by atoms with van der Waals surface area (Å²) >= 11 is 0. The molecule has 1 fully saturated rings. The Kier molecular flexibility index (Phi) is 3.55. The molecule has 1 aliphatic carbocycles. The lowest BCUT2D eigenvalue weighted by molar-refractivity contribution is 0.170. The second-order valence-electron chi connectivity index (χ2n) is 4.01. The minimum Gasteiger partial charge on any atom is -0.316 e. The average molecular weight is 166 g/mol. The molecule has 1 N–H and O–H groups in total. The van der Waals surface area contributed by atoms with E-state index < -0.39 is 0 Å². The van der Waals surface area contributed by atoms with Gasteiger partial charge >= 0.3 is 0 Å². The molecule has 0 aromatic carbocycles. The van der Waals surface area contributed by atoms with Crippen molar-refractivity contribution in [2.75, 3.05) is 13.1 Å². The van der Waals surface area contributed by atoms with Gasteiger partial charge in [0.15, 0.2) is 0 Å². The van der Waals surface area contributed by atoms with E-state index in [4.69, 9.17) is 6.57 Å². The molecule has 0 aliphatic heterocycles. The standard InChI is InChI=1S/C10H18N2/c1-8(2)9-6-10(7-9)12-5-4-11-3/h8-10,12H,4-7H2,1-2H3. The maximum absolute atomic E-state index is 6.61. The Hall–Kier alpha value is -0.550. The molecule has 0 aromatic rings. The minimum absolute atomic E-state index is 0.628. The largest absolute Gasteiger partial charge is 0.316 e. The average Bonchev–Trinajstić information content (AvgIpc) is 1.93. The van der Waals surface area contributed by atoms with Crippen LogP contribution in [0, 0.1) is 18.4 Å². The fourth-order valence-electron chi connectivity index (χ4n) is 1.70. The van der Waals surface area contributed by atoms with Gasteiger partial charge in [0.2, 0.25) is 6.54 Å². The Morgan fingerprint density at radius 1 is 1.50 bits per heavy atom. The Balaban J connectivity index is 1.99. The van der Waals surface area contributed by atoms with Gasteiger partial charge in [-0.25, -0.2) is 6.57 Å². The zero-order valence-corrected chi connectivity index (χ0v) is 8.01. The molecular weight excluding hydrogens is 148 g/mol. The number of hydrogen-bond acceptors (Lipinski definition) is 1. The lowest BCUT2D eigenvalue weighted by Crippen LogP contribution is -2.43. The van der Waals surface area contributed by atoms with E-state index in [1.807, 2.05) is 0 Å². The van der Waals surface area contributed by atoms with E-state index in [-0.39, 0.29) is 0 Å². The van der Waals surface area contributed by atoms with Crippen molar-refractivity contribution < 1.29 is 0 Å². The molecule has 0 bridgehead atoms. The SMILES string of the molecule is [C-]#[N+]CCNC1CC(C(C)C)C1. The molecule has 0 amide bonds. The zero-order chi connectivity index (χ0) is 8.97. The summed E-state index contributed by atoms with van der Waals surface area (Å²) in [6.07, 6.45) is 2.63. The van der Waals surface area contributed by atoms with Crippen LogP contribution in [0.4, 0.5) is 0 Å². The molecule has 68 valence electrons. The summed E-state index contributed by atoms with van der Waals surface area (Å²) in [7, 11) is 0. The van der Waals surface area contributed by atoms with Crippen LogP contribution in [-0.2, 0) is 0 Å². The molecule has 0 unspecified atom stereocenters. The van der Waals surface area contributed by atoms with Crippen LogP contribution in [0.2, 0.25) is 0 Å². The normalized spacial score (nSPS) is 28.2. The van der Waals surface area contributed by atoms with Gasteiger partial charge in [-0.05, 0) is 24.7 Å². The summed E-state index contributed by atoms with van der Waals surface area (Å²) < 4.78 is 0. The second-order valence-corrected chi connectivity index (χ2v) is 4.01. The van der Waals surface area contributed by atoms with E-state index in [0.29, 0.717) is 12.6 Å². The van der Waals surface area contributed by atoms with Crippen molar-refractivity contribution in [3.8, 4) is 0 Å². The third-order valence-electron chi connectivity index (χ3n) is 2.77. The van der Waals surface area contributed by atoms with Crippen molar-refractivity contribution in [3.63, 3.8) is 0 Å². The van der Waals surface area contributed by atoms with Crippen LogP contribution in [0.3, 0.4) is 0 Å². The number of nitrogens with one attached hydrogen (secondary N) is 1. The van der Waals surface area contributed by atoms with E-state index in [1.165, 1.54) is 12.8 Å². The fourth-order valence-corrected chi connectivity index (χ4v) is 1.70. The molecule has 12 heavy (non-hydrogen) atoms. The summed E-state index contributed by atoms with van der Waals surface area (Å²) in [4.78, 5) is 3.31. The summed E-state index contributed by atoms with van der Waals surface area (Å²) in [6.45, 7) is 12.7. The molecular formula is C10H18N2. The summed E-state index contributed by atoms with van der Waals surface area (Å²) in [5.74, 6) is 1.76. The lowest BCUT2D eigenvalue weighted by Gasteiger charge is -2.38. The van der Waals surface area contributed by atoms with Crippen molar-refractivity contribution in [1.82, 2.24) is 5.32 Å². The second kappa shape index (κ2) is 4.47. The highest BCUT2D eigenvalue weighted by molar-refractivity contribution is 4.86. The number of hydrogen-bond donors (Lipinski definition) is 1. The summed E-state index contributed by atoms with van der Waals surface area (Å²) in [5.41, 5.74) is 0. The van der Waals surface area contributed by atoms with Gasteiger partial charge in [-0.15, -0.1) is 0 Å². The molecule has 1 aliphatic rings. The van der Waals surface area contributed by atoms with Gasteiger partial charge in [-0.2, -0.15) is 0 Å². The van der Waals surface area contributed by atoms with Gasteiger partial charge in [0.25, 0.3) is 0 Å². The van der Waals surface area contributed by atoms with Crippen LogP contribution in [0.1, 0.15) is 26.7 Å². The first-order chi connectivity index (χ1) is 5.74. The van der Waals surface area contributed by atoms with Gasteiger partial charge in [0.05, 0.1) is 6.54 Å². The smallest absolute Gasteiger partial charge is 0.226 e. The van der Waals surface area contributed by atoms with Gasteiger partial charge < -0.3 is 10.2 Å². The van der Waals surface area contributed by atoms with Gasteiger partial charge in [-0.3, -0.25) is 0 Å². The maximum Gasteiger partial charge on any atom is 0.226 e. The Bertz CT molecular complexity index is 163. The zero-order valence-electron chi connectivity index (χ0n) is 8.01. The minimum atomic E-state index is 0.628. The first-order valence-corrected chi connectivity index (χ1v) is 4.80. The summed E-state index contributed by atoms with van der Waals surface area (Å²) in [5, 5.41) is 3.39. The molecule has 0 spiro atoms. The van der Waals surface area contributed by atoms with Crippen LogP contribution in [0.5, 0.6) is 0 Å². The topological polar surface area (TPSA) is 16.4 Å². The Morgan fingerprint density at radius 3 is 2.67 bits per heavy atom. The maximum atomic E-state index is 6.61. The molecule has 2 heteroatoms. The molecule has 0 heterocycles. The predicted molar refractivity (Wildman–Crippen MR) is 50.8 cm³/mol. The predicted octanol–water partition coefficient (Wildman–Crippen LogP) is 1.93. The van der Waals surface area contributed by atoms with E-state index in [0.717, 1.165) is 18.4 Å². The fraction of sp³-hybridized carbons (Fsp3) is 0.900. The molecule has 0 atom stereocenters. The van der Waals surface area contributed by atoms with Crippen molar-refractivity contribution in [1.29, 1.82) is 0 Å². The van der Waals surface area contributed by atoms with E-state index in [1.54, 1.807) is 0 Å². The van der Waals surface area contributed by atoms with Gasteiger partial charge in [-0.1, -0.05) is 13.8 Å². The van der Waals surface area contributed by atoms with Crippen LogP contribution in [0.15, 0.2) is 0 Å². The van der Waals surface area contributed by atoms with Gasteiger partial charge in [0, 0.05) is 6.04 Å². The van der Waals surface area contributed by atoms with Crippen molar-refractivity contribution in [2.45, 2.75) is 32.7 Å². The molecule has 0 aromatic heterocycles. The van der Waals surface area contributed by atoms with Gasteiger partial charge in [0.1, 0.15) is 0 Å². The lowest BCUT2D eigenvalue weighted by atomic mass is 9.74. The van der Waals surface area contributed by atoms with E-state index >= 15 is 0 Å². The first kappa shape index (κ1) is 9.54. The molecule has 0 saturated heterocycles. The summed E-state index contributed by atoms with van der Waals surface area (Å²) in [6, 6.07) is 0.708. The third-order valence-corrected chi connectivity index (χ3v) is 2.77. The monoisotopic (exact) mass is 166 g/mol. The van der Waals surface area contributed by atoms with Crippen molar-refractivity contribution in [3.05, 3.63) is 11.4 Å². The number of nitrogens with zero attached hydrogens (tertiary/aromatic N) is 1. The quantitative estimate of drug-likeness (QED) is 0.498. The highest BCUT2D eigenvalue weighted by Gasteiger charge is 2.30. The van der Waals surface area contributed by atoms with Crippen LogP contribution in [-0.4, -0.2) is 19.1 Å². The van der Waals surface area contributed by atoms with E-state index in [2.05, 4.69) is 24.0 Å². The van der Waals surface area contributed by atoms with Crippen LogP contribution in [0.25, 0.3) is 4.85 Å².